The maximum absolute atomic E-state index is 11.7. The molecule has 0 aliphatic heterocycles. The van der Waals surface area contributed by atoms with Gasteiger partial charge in [0.25, 0.3) is 0 Å². The van der Waals surface area contributed by atoms with E-state index < -0.39 is 0 Å². The van der Waals surface area contributed by atoms with Crippen molar-refractivity contribution in [3.8, 4) is 0 Å². The van der Waals surface area contributed by atoms with Crippen molar-refractivity contribution in [1.29, 1.82) is 0 Å². The summed E-state index contributed by atoms with van der Waals surface area (Å²) in [6.07, 6.45) is 10.4. The minimum absolute atomic E-state index is 0.193. The van der Waals surface area contributed by atoms with Crippen molar-refractivity contribution in [2.45, 2.75) is 71.3 Å². The fourth-order valence-corrected chi connectivity index (χ4v) is 3.64. The summed E-state index contributed by atoms with van der Waals surface area (Å²) in [7, 11) is 0. The van der Waals surface area contributed by atoms with E-state index >= 15 is 0 Å². The molecule has 0 saturated heterocycles. The van der Waals surface area contributed by atoms with Gasteiger partial charge in [0, 0.05) is 25.6 Å². The Hall–Kier alpha value is -0.570. The van der Waals surface area contributed by atoms with Crippen LogP contribution in [0.3, 0.4) is 0 Å². The predicted molar refractivity (Wildman–Crippen MR) is 79.0 cm³/mol. The van der Waals surface area contributed by atoms with E-state index in [-0.39, 0.29) is 5.91 Å². The minimum atomic E-state index is 0.193. The van der Waals surface area contributed by atoms with Crippen molar-refractivity contribution < 1.29 is 4.79 Å². The van der Waals surface area contributed by atoms with Gasteiger partial charge in [-0.25, -0.2) is 0 Å². The van der Waals surface area contributed by atoms with E-state index in [1.165, 1.54) is 44.9 Å². The Kier molecular flexibility index (Phi) is 5.26. The normalized spacial score (nSPS) is 25.3. The SMILES string of the molecule is CC(C)CNC(=O)CCNC1CCC12CCCCC2. The van der Waals surface area contributed by atoms with Gasteiger partial charge in [0.1, 0.15) is 0 Å². The predicted octanol–water partition coefficient (Wildman–Crippen LogP) is 2.85. The zero-order valence-corrected chi connectivity index (χ0v) is 12.6. The molecule has 2 fully saturated rings. The lowest BCUT2D eigenvalue weighted by molar-refractivity contribution is -0.121. The van der Waals surface area contributed by atoms with Crippen molar-refractivity contribution in [3.05, 3.63) is 0 Å². The van der Waals surface area contributed by atoms with Gasteiger partial charge >= 0.3 is 0 Å². The topological polar surface area (TPSA) is 41.1 Å². The van der Waals surface area contributed by atoms with Crippen LogP contribution in [-0.2, 0) is 4.79 Å². The summed E-state index contributed by atoms with van der Waals surface area (Å²) < 4.78 is 0. The average molecular weight is 266 g/mol. The second-order valence-corrected chi connectivity index (χ2v) is 6.92. The number of hydrogen-bond acceptors (Lipinski definition) is 2. The summed E-state index contributed by atoms with van der Waals surface area (Å²) in [6.45, 7) is 5.89. The van der Waals surface area contributed by atoms with Gasteiger partial charge in [0.2, 0.25) is 5.91 Å². The van der Waals surface area contributed by atoms with Crippen LogP contribution in [0.5, 0.6) is 0 Å². The Morgan fingerprint density at radius 2 is 1.95 bits per heavy atom. The van der Waals surface area contributed by atoms with Crippen molar-refractivity contribution >= 4 is 5.91 Å². The van der Waals surface area contributed by atoms with Gasteiger partial charge in [-0.2, -0.15) is 0 Å². The Bertz CT molecular complexity index is 295. The van der Waals surface area contributed by atoms with Crippen LogP contribution in [0.1, 0.15) is 65.2 Å². The van der Waals surface area contributed by atoms with Crippen LogP contribution in [0.2, 0.25) is 0 Å². The highest BCUT2D eigenvalue weighted by atomic mass is 16.1. The van der Waals surface area contributed by atoms with Crippen LogP contribution >= 0.6 is 0 Å². The molecule has 110 valence electrons. The van der Waals surface area contributed by atoms with Crippen molar-refractivity contribution in [3.63, 3.8) is 0 Å². The standard InChI is InChI=1S/C16H30N2O/c1-13(2)12-18-15(19)7-11-17-14-6-10-16(14)8-4-3-5-9-16/h13-14,17H,3-12H2,1-2H3,(H,18,19). The maximum atomic E-state index is 11.7. The van der Waals surface area contributed by atoms with Gasteiger partial charge in [-0.05, 0) is 37.0 Å². The highest BCUT2D eigenvalue weighted by Crippen LogP contribution is 2.51. The molecule has 0 heterocycles. The van der Waals surface area contributed by atoms with Gasteiger partial charge in [-0.15, -0.1) is 0 Å². The Balaban J connectivity index is 1.62. The summed E-state index contributed by atoms with van der Waals surface area (Å²) in [5, 5.41) is 6.62. The van der Waals surface area contributed by atoms with Crippen molar-refractivity contribution in [1.82, 2.24) is 10.6 Å². The zero-order valence-electron chi connectivity index (χ0n) is 12.6. The molecule has 2 rings (SSSR count). The minimum Gasteiger partial charge on any atom is -0.356 e. The largest absolute Gasteiger partial charge is 0.356 e. The first-order chi connectivity index (χ1) is 9.12. The van der Waals surface area contributed by atoms with Crippen molar-refractivity contribution in [2.24, 2.45) is 11.3 Å². The van der Waals surface area contributed by atoms with Gasteiger partial charge < -0.3 is 10.6 Å². The van der Waals surface area contributed by atoms with E-state index in [2.05, 4.69) is 24.5 Å². The molecule has 3 heteroatoms. The van der Waals surface area contributed by atoms with E-state index in [0.29, 0.717) is 23.8 Å². The smallest absolute Gasteiger partial charge is 0.221 e. The summed E-state index contributed by atoms with van der Waals surface area (Å²) in [5.41, 5.74) is 0.604. The molecule has 2 saturated carbocycles. The molecular formula is C16H30N2O. The third-order valence-electron chi connectivity index (χ3n) is 4.97. The zero-order chi connectivity index (χ0) is 13.7. The molecule has 2 N–H and O–H groups in total. The lowest BCUT2D eigenvalue weighted by atomic mass is 9.57. The molecule has 19 heavy (non-hydrogen) atoms. The van der Waals surface area contributed by atoms with Gasteiger partial charge in [0.15, 0.2) is 0 Å². The molecular weight excluding hydrogens is 236 g/mol. The molecule has 0 bridgehead atoms. The second-order valence-electron chi connectivity index (χ2n) is 6.92. The fraction of sp³-hybridized carbons (Fsp3) is 0.938. The molecule has 0 aromatic heterocycles. The van der Waals surface area contributed by atoms with Gasteiger partial charge in [-0.1, -0.05) is 33.1 Å². The number of carbonyl (C=O) groups excluding carboxylic acids is 1. The maximum Gasteiger partial charge on any atom is 0.221 e. The second kappa shape index (κ2) is 6.74. The highest BCUT2D eigenvalue weighted by molar-refractivity contribution is 5.76. The highest BCUT2D eigenvalue weighted by Gasteiger charge is 2.46. The number of carbonyl (C=O) groups is 1. The number of amides is 1. The van der Waals surface area contributed by atoms with Crippen LogP contribution in [0, 0.1) is 11.3 Å². The molecule has 1 amide bonds. The lowest BCUT2D eigenvalue weighted by Gasteiger charge is -2.52. The summed E-state index contributed by atoms with van der Waals surface area (Å²) in [6, 6.07) is 0.686. The van der Waals surface area contributed by atoms with E-state index in [4.69, 9.17) is 0 Å². The molecule has 2 aliphatic rings. The Labute approximate surface area is 117 Å². The summed E-state index contributed by atoms with van der Waals surface area (Å²) in [4.78, 5) is 11.7. The first-order valence-corrected chi connectivity index (χ1v) is 8.12. The van der Waals surface area contributed by atoms with Gasteiger partial charge in [-0.3, -0.25) is 4.79 Å². The quantitative estimate of drug-likeness (QED) is 0.776. The van der Waals surface area contributed by atoms with E-state index in [1.807, 2.05) is 0 Å². The van der Waals surface area contributed by atoms with E-state index in [9.17, 15) is 4.79 Å². The number of rotatable bonds is 6. The molecule has 2 aliphatic carbocycles. The first-order valence-electron chi connectivity index (χ1n) is 8.12. The molecule has 1 spiro atoms. The monoisotopic (exact) mass is 266 g/mol. The van der Waals surface area contributed by atoms with Crippen molar-refractivity contribution in [2.75, 3.05) is 13.1 Å². The molecule has 1 atom stereocenters. The fourth-order valence-electron chi connectivity index (χ4n) is 3.64. The van der Waals surface area contributed by atoms with Crippen LogP contribution in [0.15, 0.2) is 0 Å². The molecule has 3 nitrogen and oxygen atoms in total. The summed E-state index contributed by atoms with van der Waals surface area (Å²) >= 11 is 0. The van der Waals surface area contributed by atoms with E-state index in [1.54, 1.807) is 0 Å². The third-order valence-corrected chi connectivity index (χ3v) is 4.97. The average Bonchev–Trinajstić information content (AvgIpc) is 2.41. The number of nitrogens with one attached hydrogen (secondary N) is 2. The third kappa shape index (κ3) is 3.95. The van der Waals surface area contributed by atoms with Crippen LogP contribution in [0.25, 0.3) is 0 Å². The molecule has 0 aromatic rings. The van der Waals surface area contributed by atoms with Crippen LogP contribution < -0.4 is 10.6 Å². The van der Waals surface area contributed by atoms with E-state index in [0.717, 1.165) is 13.1 Å². The molecule has 0 aromatic carbocycles. The lowest BCUT2D eigenvalue weighted by Crippen LogP contribution is -2.54. The first kappa shape index (κ1) is 14.8. The molecule has 1 unspecified atom stereocenters. The molecule has 0 radical (unpaired) electrons. The van der Waals surface area contributed by atoms with Crippen LogP contribution in [0.4, 0.5) is 0 Å². The Morgan fingerprint density at radius 1 is 1.21 bits per heavy atom. The Morgan fingerprint density at radius 3 is 2.53 bits per heavy atom. The number of hydrogen-bond donors (Lipinski definition) is 2. The van der Waals surface area contributed by atoms with Crippen LogP contribution in [-0.4, -0.2) is 25.0 Å². The summed E-state index contributed by atoms with van der Waals surface area (Å²) in [5.74, 6) is 0.729. The van der Waals surface area contributed by atoms with Gasteiger partial charge in [0.05, 0.1) is 0 Å².